The van der Waals surface area contributed by atoms with Gasteiger partial charge in [0.25, 0.3) is 10.0 Å². The van der Waals surface area contributed by atoms with Gasteiger partial charge in [0.1, 0.15) is 0 Å². The van der Waals surface area contributed by atoms with Crippen molar-refractivity contribution in [3.05, 3.63) is 23.9 Å². The lowest BCUT2D eigenvalue weighted by Gasteiger charge is -1.91. The molecule has 2 heterocycles. The molecule has 0 unspecified atom stereocenters. The van der Waals surface area contributed by atoms with Crippen molar-refractivity contribution in [2.24, 2.45) is 0 Å². The highest BCUT2D eigenvalue weighted by atomic mass is 32.2. The number of sulfonamides is 1. The molecule has 0 saturated heterocycles. The molecule has 1 N–H and O–H groups in total. The summed E-state index contributed by atoms with van der Waals surface area (Å²) in [5.41, 5.74) is 0.743. The summed E-state index contributed by atoms with van der Waals surface area (Å²) in [7, 11) is -3.27. The lowest BCUT2D eigenvalue weighted by Crippen LogP contribution is -2.14. The Hall–Kier alpha value is -0.940. The van der Waals surface area contributed by atoms with Gasteiger partial charge in [-0.05, 0) is 6.07 Å². The summed E-state index contributed by atoms with van der Waals surface area (Å²) in [5.74, 6) is 0. The first-order valence-corrected chi connectivity index (χ1v) is 4.62. The van der Waals surface area contributed by atoms with Gasteiger partial charge in [-0.3, -0.25) is 0 Å². The molecule has 1 aliphatic rings. The van der Waals surface area contributed by atoms with Crippen molar-refractivity contribution in [3.8, 4) is 0 Å². The number of hydrogen-bond acceptors (Lipinski definition) is 3. The van der Waals surface area contributed by atoms with Gasteiger partial charge >= 0.3 is 0 Å². The van der Waals surface area contributed by atoms with Crippen LogP contribution in [-0.4, -0.2) is 13.4 Å². The molecule has 0 saturated carbocycles. The van der Waals surface area contributed by atoms with Crippen LogP contribution in [0.15, 0.2) is 23.4 Å². The molecule has 58 valence electrons. The fourth-order valence-corrected chi connectivity index (χ4v) is 2.21. The van der Waals surface area contributed by atoms with Gasteiger partial charge in [0, 0.05) is 18.3 Å². The molecule has 0 atom stereocenters. The first-order valence-electron chi connectivity index (χ1n) is 3.14. The van der Waals surface area contributed by atoms with E-state index < -0.39 is 10.0 Å². The minimum Gasteiger partial charge on any atom is -0.243 e. The van der Waals surface area contributed by atoms with Crippen LogP contribution in [0.1, 0.15) is 5.56 Å². The quantitative estimate of drug-likeness (QED) is 0.590. The Morgan fingerprint density at radius 2 is 2.36 bits per heavy atom. The largest absolute Gasteiger partial charge is 0.258 e. The van der Waals surface area contributed by atoms with Gasteiger partial charge in [-0.1, -0.05) is 6.07 Å². The molecule has 4 nitrogen and oxygen atoms in total. The molecule has 1 aliphatic heterocycles. The molecule has 0 aliphatic carbocycles. The van der Waals surface area contributed by atoms with Crippen molar-refractivity contribution in [1.82, 2.24) is 9.71 Å². The van der Waals surface area contributed by atoms with E-state index in [1.165, 1.54) is 6.20 Å². The van der Waals surface area contributed by atoms with Gasteiger partial charge in [0.05, 0.1) is 0 Å². The predicted octanol–water partition coefficient (Wildman–Crippen LogP) is -0.127. The average molecular weight is 170 g/mol. The van der Waals surface area contributed by atoms with Gasteiger partial charge < -0.3 is 0 Å². The summed E-state index contributed by atoms with van der Waals surface area (Å²) in [5, 5.41) is 0.167. The maximum atomic E-state index is 11.1. The zero-order valence-corrected chi connectivity index (χ0v) is 6.43. The lowest BCUT2D eigenvalue weighted by molar-refractivity contribution is 0.587. The second-order valence-corrected chi connectivity index (χ2v) is 3.97. The molecule has 0 fully saturated rings. The Bertz CT molecular complexity index is 385. The molecule has 11 heavy (non-hydrogen) atoms. The highest BCUT2D eigenvalue weighted by Crippen LogP contribution is 2.17. The van der Waals surface area contributed by atoms with Gasteiger partial charge in [-0.15, -0.1) is 0 Å². The van der Waals surface area contributed by atoms with E-state index in [-0.39, 0.29) is 5.03 Å². The predicted molar refractivity (Wildman–Crippen MR) is 38.3 cm³/mol. The van der Waals surface area contributed by atoms with Crippen LogP contribution in [0.5, 0.6) is 0 Å². The van der Waals surface area contributed by atoms with Gasteiger partial charge in [-0.2, -0.15) is 0 Å². The number of pyridine rings is 1. The topological polar surface area (TPSA) is 59.1 Å². The Morgan fingerprint density at radius 1 is 1.55 bits per heavy atom. The van der Waals surface area contributed by atoms with E-state index >= 15 is 0 Å². The van der Waals surface area contributed by atoms with Crippen LogP contribution in [0.3, 0.4) is 0 Å². The third-order valence-electron chi connectivity index (χ3n) is 1.56. The van der Waals surface area contributed by atoms with Crippen molar-refractivity contribution in [3.63, 3.8) is 0 Å². The van der Waals surface area contributed by atoms with E-state index in [9.17, 15) is 8.42 Å². The molecule has 0 bridgehead atoms. The Balaban J connectivity index is 2.75. The van der Waals surface area contributed by atoms with Crippen molar-refractivity contribution >= 4 is 10.0 Å². The van der Waals surface area contributed by atoms with E-state index in [4.69, 9.17) is 0 Å². The Morgan fingerprint density at radius 3 is 3.09 bits per heavy atom. The van der Waals surface area contributed by atoms with E-state index in [0.29, 0.717) is 6.54 Å². The van der Waals surface area contributed by atoms with E-state index in [1.807, 2.05) is 0 Å². The summed E-state index contributed by atoms with van der Waals surface area (Å²) in [6.45, 7) is 0.367. The summed E-state index contributed by atoms with van der Waals surface area (Å²) in [6.07, 6.45) is 1.48. The maximum Gasteiger partial charge on any atom is 0.258 e. The second-order valence-electron chi connectivity index (χ2n) is 2.29. The first-order chi connectivity index (χ1) is 5.20. The minimum absolute atomic E-state index is 0.167. The standard InChI is InChI=1S/C6H6N2O2S/c9-11(10)6-5(4-8-11)2-1-3-7-6/h1-3,8H,4H2. The molecule has 5 heteroatoms. The number of fused-ring (bicyclic) bond motifs is 1. The van der Waals surface area contributed by atoms with Crippen molar-refractivity contribution in [2.45, 2.75) is 11.6 Å². The molecule has 0 spiro atoms. The average Bonchev–Trinajstić information content (AvgIpc) is 2.29. The highest BCUT2D eigenvalue weighted by molar-refractivity contribution is 7.89. The van der Waals surface area contributed by atoms with E-state index in [0.717, 1.165) is 5.56 Å². The fourth-order valence-electron chi connectivity index (χ4n) is 1.04. The lowest BCUT2D eigenvalue weighted by atomic mass is 10.3. The van der Waals surface area contributed by atoms with Crippen LogP contribution in [0.2, 0.25) is 0 Å². The molecule has 1 aromatic heterocycles. The number of nitrogens with one attached hydrogen (secondary N) is 1. The third kappa shape index (κ3) is 0.928. The molecule has 1 aromatic rings. The summed E-state index contributed by atoms with van der Waals surface area (Å²) < 4.78 is 24.5. The van der Waals surface area contributed by atoms with Crippen LogP contribution in [-0.2, 0) is 16.6 Å². The van der Waals surface area contributed by atoms with Gasteiger partial charge in [0.2, 0.25) is 0 Å². The zero-order valence-electron chi connectivity index (χ0n) is 5.61. The number of nitrogens with zero attached hydrogens (tertiary/aromatic N) is 1. The zero-order chi connectivity index (χ0) is 7.90. The molecule has 0 amide bonds. The smallest absolute Gasteiger partial charge is 0.243 e. The Kier molecular flexibility index (Phi) is 1.24. The SMILES string of the molecule is O=S1(=O)NCc2cccnc21. The van der Waals surface area contributed by atoms with Crippen molar-refractivity contribution in [1.29, 1.82) is 0 Å². The number of aromatic nitrogens is 1. The number of rotatable bonds is 0. The molecular formula is C6H6N2O2S. The van der Waals surface area contributed by atoms with Crippen LogP contribution < -0.4 is 4.72 Å². The summed E-state index contributed by atoms with van der Waals surface area (Å²) in [4.78, 5) is 3.76. The third-order valence-corrected chi connectivity index (χ3v) is 2.96. The normalized spacial score (nSPS) is 19.6. The van der Waals surface area contributed by atoms with Gasteiger partial charge in [0.15, 0.2) is 5.03 Å². The second kappa shape index (κ2) is 2.02. The Labute approximate surface area is 64.3 Å². The van der Waals surface area contributed by atoms with Crippen LogP contribution in [0.4, 0.5) is 0 Å². The van der Waals surface area contributed by atoms with Crippen LogP contribution >= 0.6 is 0 Å². The molecule has 0 aromatic carbocycles. The molecular weight excluding hydrogens is 164 g/mol. The fraction of sp³-hybridized carbons (Fsp3) is 0.167. The van der Waals surface area contributed by atoms with E-state index in [2.05, 4.69) is 9.71 Å². The number of hydrogen-bond donors (Lipinski definition) is 1. The monoisotopic (exact) mass is 170 g/mol. The van der Waals surface area contributed by atoms with E-state index in [1.54, 1.807) is 12.1 Å². The molecule has 2 rings (SSSR count). The summed E-state index contributed by atoms with van der Waals surface area (Å²) in [6, 6.07) is 3.47. The van der Waals surface area contributed by atoms with Crippen molar-refractivity contribution < 1.29 is 8.42 Å². The minimum atomic E-state index is -3.27. The van der Waals surface area contributed by atoms with Crippen LogP contribution in [0, 0.1) is 0 Å². The van der Waals surface area contributed by atoms with Crippen LogP contribution in [0.25, 0.3) is 0 Å². The summed E-state index contributed by atoms with van der Waals surface area (Å²) >= 11 is 0. The maximum absolute atomic E-state index is 11.1. The first kappa shape index (κ1) is 6.75. The highest BCUT2D eigenvalue weighted by Gasteiger charge is 2.25. The van der Waals surface area contributed by atoms with Crippen molar-refractivity contribution in [2.75, 3.05) is 0 Å². The van der Waals surface area contributed by atoms with Gasteiger partial charge in [-0.25, -0.2) is 18.1 Å². The molecule has 0 radical (unpaired) electrons.